The Bertz CT molecular complexity index is 458. The van der Waals surface area contributed by atoms with Gasteiger partial charge in [0.25, 0.3) is 5.91 Å². The SMILES string of the molecule is COC(=O)C1CCN(C(=O)c2ccc(Cl)cc2)C1. The smallest absolute Gasteiger partial charge is 0.310 e. The minimum absolute atomic E-state index is 0.0712. The maximum atomic E-state index is 12.1. The van der Waals surface area contributed by atoms with Crippen LogP contribution in [0.5, 0.6) is 0 Å². The molecule has 0 aromatic heterocycles. The lowest BCUT2D eigenvalue weighted by Gasteiger charge is -2.16. The van der Waals surface area contributed by atoms with Crippen molar-refractivity contribution >= 4 is 23.5 Å². The second kappa shape index (κ2) is 5.40. The molecule has 1 amide bonds. The molecule has 1 aromatic carbocycles. The zero-order valence-electron chi connectivity index (χ0n) is 10.1. The van der Waals surface area contributed by atoms with Gasteiger partial charge in [0.15, 0.2) is 0 Å². The fourth-order valence-electron chi connectivity index (χ4n) is 2.08. The average molecular weight is 268 g/mol. The molecule has 0 saturated carbocycles. The van der Waals surface area contributed by atoms with E-state index in [1.165, 1.54) is 7.11 Å². The summed E-state index contributed by atoms with van der Waals surface area (Å²) in [6.07, 6.45) is 0.659. The van der Waals surface area contributed by atoms with Crippen LogP contribution in [0.1, 0.15) is 16.8 Å². The molecule has 0 spiro atoms. The van der Waals surface area contributed by atoms with E-state index in [9.17, 15) is 9.59 Å². The molecule has 0 N–H and O–H groups in total. The first-order chi connectivity index (χ1) is 8.61. The summed E-state index contributed by atoms with van der Waals surface area (Å²) in [5.41, 5.74) is 0.588. The lowest BCUT2D eigenvalue weighted by Crippen LogP contribution is -2.30. The van der Waals surface area contributed by atoms with Crippen molar-refractivity contribution in [2.24, 2.45) is 5.92 Å². The van der Waals surface area contributed by atoms with Crippen LogP contribution < -0.4 is 0 Å². The van der Waals surface area contributed by atoms with Crippen LogP contribution in [0.25, 0.3) is 0 Å². The lowest BCUT2D eigenvalue weighted by molar-refractivity contribution is -0.144. The number of carbonyl (C=O) groups excluding carboxylic acids is 2. The number of hydrogen-bond acceptors (Lipinski definition) is 3. The van der Waals surface area contributed by atoms with Crippen LogP contribution in [-0.4, -0.2) is 37.0 Å². The summed E-state index contributed by atoms with van der Waals surface area (Å²) >= 11 is 5.77. The molecular formula is C13H14ClNO3. The third-order valence-electron chi connectivity index (χ3n) is 3.10. The van der Waals surface area contributed by atoms with Crippen LogP contribution in [0.15, 0.2) is 24.3 Å². The van der Waals surface area contributed by atoms with E-state index >= 15 is 0 Å². The van der Waals surface area contributed by atoms with Crippen molar-refractivity contribution in [1.82, 2.24) is 4.90 Å². The first kappa shape index (κ1) is 12.9. The van der Waals surface area contributed by atoms with Gasteiger partial charge in [0.1, 0.15) is 0 Å². The molecule has 1 unspecified atom stereocenters. The fourth-order valence-corrected chi connectivity index (χ4v) is 2.20. The Hall–Kier alpha value is -1.55. The van der Waals surface area contributed by atoms with Crippen LogP contribution in [-0.2, 0) is 9.53 Å². The van der Waals surface area contributed by atoms with E-state index in [4.69, 9.17) is 11.6 Å². The number of ether oxygens (including phenoxy) is 1. The highest BCUT2D eigenvalue weighted by molar-refractivity contribution is 6.30. The molecule has 18 heavy (non-hydrogen) atoms. The summed E-state index contributed by atoms with van der Waals surface area (Å²) in [6, 6.07) is 6.75. The number of nitrogens with zero attached hydrogens (tertiary/aromatic N) is 1. The van der Waals surface area contributed by atoms with Gasteiger partial charge in [0, 0.05) is 23.7 Å². The Morgan fingerprint density at radius 2 is 2.00 bits per heavy atom. The van der Waals surface area contributed by atoms with Crippen LogP contribution in [0.4, 0.5) is 0 Å². The van der Waals surface area contributed by atoms with Gasteiger partial charge in [-0.25, -0.2) is 0 Å². The molecule has 1 heterocycles. The van der Waals surface area contributed by atoms with Crippen molar-refractivity contribution in [3.05, 3.63) is 34.9 Å². The molecule has 1 aliphatic rings. The molecule has 1 aliphatic heterocycles. The molecule has 4 nitrogen and oxygen atoms in total. The van der Waals surface area contributed by atoms with E-state index in [2.05, 4.69) is 4.74 Å². The van der Waals surface area contributed by atoms with Crippen LogP contribution in [0, 0.1) is 5.92 Å². The molecule has 2 rings (SSSR count). The highest BCUT2D eigenvalue weighted by Gasteiger charge is 2.31. The molecule has 1 atom stereocenters. The van der Waals surface area contributed by atoms with Gasteiger partial charge in [-0.15, -0.1) is 0 Å². The number of methoxy groups -OCH3 is 1. The van der Waals surface area contributed by atoms with Crippen LogP contribution in [0.2, 0.25) is 5.02 Å². The normalized spacial score (nSPS) is 18.8. The van der Waals surface area contributed by atoms with Crippen molar-refractivity contribution in [2.75, 3.05) is 20.2 Å². The Labute approximate surface area is 110 Å². The molecule has 1 fully saturated rings. The van der Waals surface area contributed by atoms with Crippen molar-refractivity contribution < 1.29 is 14.3 Å². The van der Waals surface area contributed by atoms with Gasteiger partial charge < -0.3 is 9.64 Å². The lowest BCUT2D eigenvalue weighted by atomic mass is 10.1. The van der Waals surface area contributed by atoms with Gasteiger partial charge in [-0.1, -0.05) is 11.6 Å². The zero-order chi connectivity index (χ0) is 13.1. The molecule has 1 saturated heterocycles. The second-order valence-electron chi connectivity index (χ2n) is 4.27. The molecule has 0 aliphatic carbocycles. The molecule has 0 radical (unpaired) electrons. The minimum Gasteiger partial charge on any atom is -0.469 e. The quantitative estimate of drug-likeness (QED) is 0.770. The highest BCUT2D eigenvalue weighted by atomic mass is 35.5. The van der Waals surface area contributed by atoms with Crippen molar-refractivity contribution in [3.8, 4) is 0 Å². The topological polar surface area (TPSA) is 46.6 Å². The van der Waals surface area contributed by atoms with Gasteiger partial charge in [-0.2, -0.15) is 0 Å². The maximum absolute atomic E-state index is 12.1. The summed E-state index contributed by atoms with van der Waals surface area (Å²) in [4.78, 5) is 25.2. The van der Waals surface area contributed by atoms with Gasteiger partial charge in [0.2, 0.25) is 0 Å². The third kappa shape index (κ3) is 2.64. The summed E-state index contributed by atoms with van der Waals surface area (Å²) < 4.78 is 4.69. The van der Waals surface area contributed by atoms with Crippen molar-refractivity contribution in [2.45, 2.75) is 6.42 Å². The summed E-state index contributed by atoms with van der Waals surface area (Å²) in [5, 5.41) is 0.598. The van der Waals surface area contributed by atoms with Gasteiger partial charge in [0.05, 0.1) is 13.0 Å². The highest BCUT2D eigenvalue weighted by Crippen LogP contribution is 2.20. The first-order valence-corrected chi connectivity index (χ1v) is 6.12. The summed E-state index contributed by atoms with van der Waals surface area (Å²) in [7, 11) is 1.37. The van der Waals surface area contributed by atoms with E-state index < -0.39 is 0 Å². The molecule has 1 aromatic rings. The standard InChI is InChI=1S/C13H14ClNO3/c1-18-13(17)10-6-7-15(8-10)12(16)9-2-4-11(14)5-3-9/h2-5,10H,6-8H2,1H3. The zero-order valence-corrected chi connectivity index (χ0v) is 10.8. The van der Waals surface area contributed by atoms with Gasteiger partial charge in [-0.05, 0) is 30.7 Å². The van der Waals surface area contributed by atoms with Gasteiger partial charge in [-0.3, -0.25) is 9.59 Å². The Kier molecular flexibility index (Phi) is 3.87. The van der Waals surface area contributed by atoms with Crippen molar-refractivity contribution in [3.63, 3.8) is 0 Å². The first-order valence-electron chi connectivity index (χ1n) is 5.74. The van der Waals surface area contributed by atoms with E-state index in [1.54, 1.807) is 29.2 Å². The molecule has 0 bridgehead atoms. The largest absolute Gasteiger partial charge is 0.469 e. The monoisotopic (exact) mass is 267 g/mol. The predicted molar refractivity (Wildman–Crippen MR) is 67.5 cm³/mol. The number of amides is 1. The average Bonchev–Trinajstić information content (AvgIpc) is 2.87. The summed E-state index contributed by atoms with van der Waals surface area (Å²) in [5.74, 6) is -0.522. The minimum atomic E-state index is -0.249. The molecular weight excluding hydrogens is 254 g/mol. The Morgan fingerprint density at radius 3 is 2.61 bits per heavy atom. The fraction of sp³-hybridized carbons (Fsp3) is 0.385. The Morgan fingerprint density at radius 1 is 1.33 bits per heavy atom. The van der Waals surface area contributed by atoms with Gasteiger partial charge >= 0.3 is 5.97 Å². The van der Waals surface area contributed by atoms with E-state index in [0.717, 1.165) is 0 Å². The molecule has 96 valence electrons. The van der Waals surface area contributed by atoms with Crippen LogP contribution >= 0.6 is 11.6 Å². The summed E-state index contributed by atoms with van der Waals surface area (Å²) in [6.45, 7) is 1.01. The maximum Gasteiger partial charge on any atom is 0.310 e. The second-order valence-corrected chi connectivity index (χ2v) is 4.70. The Balaban J connectivity index is 2.03. The number of esters is 1. The third-order valence-corrected chi connectivity index (χ3v) is 3.35. The van der Waals surface area contributed by atoms with E-state index in [1.807, 2.05) is 0 Å². The number of benzene rings is 1. The van der Waals surface area contributed by atoms with E-state index in [-0.39, 0.29) is 17.8 Å². The number of likely N-dealkylation sites (tertiary alicyclic amines) is 1. The number of rotatable bonds is 2. The van der Waals surface area contributed by atoms with Crippen molar-refractivity contribution in [1.29, 1.82) is 0 Å². The van der Waals surface area contributed by atoms with E-state index in [0.29, 0.717) is 30.1 Å². The number of hydrogen-bond donors (Lipinski definition) is 0. The predicted octanol–water partition coefficient (Wildman–Crippen LogP) is 1.98. The number of halogens is 1. The van der Waals surface area contributed by atoms with Crippen LogP contribution in [0.3, 0.4) is 0 Å². The molecule has 5 heteroatoms. The number of carbonyl (C=O) groups is 2.